The van der Waals surface area contributed by atoms with Crippen molar-refractivity contribution in [3.63, 3.8) is 0 Å². The van der Waals surface area contributed by atoms with Gasteiger partial charge >= 0.3 is 0 Å². The van der Waals surface area contributed by atoms with Crippen LogP contribution >= 0.6 is 0 Å². The Kier molecular flexibility index (Phi) is 2.99. The van der Waals surface area contributed by atoms with Crippen molar-refractivity contribution in [1.29, 1.82) is 5.26 Å². The normalized spacial score (nSPS) is 15.6. The van der Waals surface area contributed by atoms with E-state index < -0.39 is 0 Å². The number of nitrogens with two attached hydrogens (primary N) is 1. The molecular weight excluding hydrogens is 254 g/mol. The Morgan fingerprint density at radius 1 is 1.55 bits per heavy atom. The molecule has 0 aromatic carbocycles. The lowest BCUT2D eigenvalue weighted by atomic mass is 10.2. The molecule has 3 rings (SSSR count). The van der Waals surface area contributed by atoms with E-state index in [9.17, 15) is 5.26 Å². The van der Waals surface area contributed by atoms with E-state index in [1.54, 1.807) is 12.3 Å². The maximum Gasteiger partial charge on any atom is 0.169 e. The molecule has 1 aliphatic carbocycles. The van der Waals surface area contributed by atoms with E-state index in [1.807, 2.05) is 0 Å². The summed E-state index contributed by atoms with van der Waals surface area (Å²) < 4.78 is 1.46. The molecule has 0 spiro atoms. The van der Waals surface area contributed by atoms with Crippen LogP contribution in [-0.2, 0) is 0 Å². The van der Waals surface area contributed by atoms with Gasteiger partial charge in [0.25, 0.3) is 0 Å². The predicted octanol–water partition coefficient (Wildman–Crippen LogP) is 1.33. The number of nitrogen functional groups attached to an aromatic ring is 1. The first-order valence-electron chi connectivity index (χ1n) is 6.52. The molecule has 2 aromatic heterocycles. The Balaban J connectivity index is 1.97. The molecule has 20 heavy (non-hydrogen) atoms. The molecule has 2 aromatic rings. The molecule has 1 saturated carbocycles. The van der Waals surface area contributed by atoms with Crippen LogP contribution in [0.2, 0.25) is 0 Å². The fourth-order valence-electron chi connectivity index (χ4n) is 2.16. The molecule has 0 aliphatic heterocycles. The Labute approximate surface area is 116 Å². The summed E-state index contributed by atoms with van der Waals surface area (Å²) in [6.45, 7) is 2.10. The van der Waals surface area contributed by atoms with Gasteiger partial charge in [-0.25, -0.2) is 9.97 Å². The number of hydrogen-bond acceptors (Lipinski definition) is 6. The first-order chi connectivity index (χ1) is 9.70. The minimum absolute atomic E-state index is 0.287. The van der Waals surface area contributed by atoms with Crippen molar-refractivity contribution in [2.75, 3.05) is 11.1 Å². The zero-order valence-corrected chi connectivity index (χ0v) is 11.1. The predicted molar refractivity (Wildman–Crippen MR) is 74.1 cm³/mol. The van der Waals surface area contributed by atoms with Crippen LogP contribution in [0.3, 0.4) is 0 Å². The molecule has 1 fully saturated rings. The first kappa shape index (κ1) is 12.4. The minimum Gasteiger partial charge on any atom is -0.382 e. The van der Waals surface area contributed by atoms with Gasteiger partial charge in [-0.1, -0.05) is 0 Å². The number of nitriles is 1. The molecule has 1 atom stereocenters. The second kappa shape index (κ2) is 4.81. The summed E-state index contributed by atoms with van der Waals surface area (Å²) in [7, 11) is 0. The summed E-state index contributed by atoms with van der Waals surface area (Å²) in [6, 6.07) is 4.08. The third-order valence-electron chi connectivity index (χ3n) is 3.51. The zero-order valence-electron chi connectivity index (χ0n) is 11.1. The smallest absolute Gasteiger partial charge is 0.169 e. The van der Waals surface area contributed by atoms with Gasteiger partial charge in [-0.2, -0.15) is 9.94 Å². The highest BCUT2D eigenvalue weighted by atomic mass is 15.4. The van der Waals surface area contributed by atoms with Crippen molar-refractivity contribution in [2.45, 2.75) is 25.8 Å². The number of nitrogens with one attached hydrogen (secondary N) is 1. The van der Waals surface area contributed by atoms with Crippen molar-refractivity contribution in [1.82, 2.24) is 19.7 Å². The zero-order chi connectivity index (χ0) is 14.1. The van der Waals surface area contributed by atoms with Crippen LogP contribution in [0.1, 0.15) is 25.3 Å². The van der Waals surface area contributed by atoms with Crippen molar-refractivity contribution in [3.8, 4) is 11.9 Å². The number of rotatable bonds is 4. The van der Waals surface area contributed by atoms with Gasteiger partial charge in [-0.15, -0.1) is 5.10 Å². The second-order valence-electron chi connectivity index (χ2n) is 4.97. The Morgan fingerprint density at radius 3 is 2.95 bits per heavy atom. The highest BCUT2D eigenvalue weighted by Gasteiger charge is 2.29. The number of hydrogen-bond donors (Lipinski definition) is 2. The molecule has 102 valence electrons. The Bertz CT molecular complexity index is 651. The highest BCUT2D eigenvalue weighted by Crippen LogP contribution is 2.34. The van der Waals surface area contributed by atoms with Gasteiger partial charge in [0.1, 0.15) is 23.8 Å². The summed E-state index contributed by atoms with van der Waals surface area (Å²) in [5, 5.41) is 16.9. The first-order valence-corrected chi connectivity index (χ1v) is 6.52. The molecule has 7 heteroatoms. The molecule has 0 saturated heterocycles. The lowest BCUT2D eigenvalue weighted by Crippen LogP contribution is -2.18. The summed E-state index contributed by atoms with van der Waals surface area (Å²) in [5.41, 5.74) is 6.35. The maximum absolute atomic E-state index is 9.27. The number of anilines is 2. The molecule has 1 aliphatic rings. The average Bonchev–Trinajstić information content (AvgIpc) is 3.26. The van der Waals surface area contributed by atoms with Gasteiger partial charge in [-0.05, 0) is 25.7 Å². The lowest BCUT2D eigenvalue weighted by molar-refractivity contribution is 0.687. The molecule has 0 amide bonds. The van der Waals surface area contributed by atoms with Gasteiger partial charge in [-0.3, -0.25) is 0 Å². The summed E-state index contributed by atoms with van der Waals surface area (Å²) >= 11 is 0. The van der Waals surface area contributed by atoms with Gasteiger partial charge in [0.05, 0.1) is 0 Å². The topological polar surface area (TPSA) is 105 Å². The van der Waals surface area contributed by atoms with E-state index in [1.165, 1.54) is 23.9 Å². The van der Waals surface area contributed by atoms with Crippen molar-refractivity contribution >= 4 is 11.6 Å². The van der Waals surface area contributed by atoms with Gasteiger partial charge in [0.2, 0.25) is 0 Å². The lowest BCUT2D eigenvalue weighted by Gasteiger charge is -2.11. The molecule has 0 bridgehead atoms. The molecule has 7 nitrogen and oxygen atoms in total. The number of nitrogens with zero attached hydrogens (tertiary/aromatic N) is 5. The highest BCUT2D eigenvalue weighted by molar-refractivity contribution is 5.65. The average molecular weight is 269 g/mol. The summed E-state index contributed by atoms with van der Waals surface area (Å²) in [6.07, 6.45) is 5.47. The SMILES string of the molecule is CC(Nc1nn(-c2ccncn2)c(N)c1C#N)C1CC1. The van der Waals surface area contributed by atoms with E-state index in [0.717, 1.165) is 0 Å². The van der Waals surface area contributed by atoms with Crippen LogP contribution in [0.5, 0.6) is 0 Å². The van der Waals surface area contributed by atoms with E-state index >= 15 is 0 Å². The van der Waals surface area contributed by atoms with Crippen LogP contribution in [-0.4, -0.2) is 25.8 Å². The van der Waals surface area contributed by atoms with Gasteiger partial charge in [0, 0.05) is 18.3 Å². The minimum atomic E-state index is 0.287. The maximum atomic E-state index is 9.27. The van der Waals surface area contributed by atoms with Crippen LogP contribution in [0.4, 0.5) is 11.6 Å². The van der Waals surface area contributed by atoms with Crippen LogP contribution in [0.15, 0.2) is 18.6 Å². The van der Waals surface area contributed by atoms with Crippen LogP contribution in [0.25, 0.3) is 5.82 Å². The van der Waals surface area contributed by atoms with Crippen molar-refractivity contribution in [2.24, 2.45) is 5.92 Å². The van der Waals surface area contributed by atoms with E-state index in [-0.39, 0.29) is 11.9 Å². The van der Waals surface area contributed by atoms with Gasteiger partial charge < -0.3 is 11.1 Å². The van der Waals surface area contributed by atoms with Gasteiger partial charge in [0.15, 0.2) is 11.6 Å². The fourth-order valence-corrected chi connectivity index (χ4v) is 2.16. The summed E-state index contributed by atoms with van der Waals surface area (Å²) in [5.74, 6) is 2.01. The fraction of sp³-hybridized carbons (Fsp3) is 0.385. The molecule has 1 unspecified atom stereocenters. The monoisotopic (exact) mass is 269 g/mol. The van der Waals surface area contributed by atoms with Crippen LogP contribution in [0, 0.1) is 17.2 Å². The molecule has 2 heterocycles. The molecule has 3 N–H and O–H groups in total. The van der Waals surface area contributed by atoms with Crippen molar-refractivity contribution < 1.29 is 0 Å². The Morgan fingerprint density at radius 2 is 2.35 bits per heavy atom. The Hall–Kier alpha value is -2.62. The number of aromatic nitrogens is 4. The standard InChI is InChI=1S/C13H15N7/c1-8(9-2-3-9)18-13-10(6-14)12(15)20(19-13)11-4-5-16-7-17-11/h4-5,7-9H,2-3,15H2,1H3,(H,18,19). The van der Waals surface area contributed by atoms with E-state index in [2.05, 4.69) is 33.4 Å². The quantitative estimate of drug-likeness (QED) is 0.867. The molecule has 0 radical (unpaired) electrons. The molecular formula is C13H15N7. The third-order valence-corrected chi connectivity index (χ3v) is 3.51. The van der Waals surface area contributed by atoms with E-state index in [4.69, 9.17) is 5.73 Å². The largest absolute Gasteiger partial charge is 0.382 e. The second-order valence-corrected chi connectivity index (χ2v) is 4.97. The van der Waals surface area contributed by atoms with E-state index in [0.29, 0.717) is 23.1 Å². The summed E-state index contributed by atoms with van der Waals surface area (Å²) in [4.78, 5) is 7.95. The van der Waals surface area contributed by atoms with Crippen molar-refractivity contribution in [3.05, 3.63) is 24.2 Å². The third kappa shape index (κ3) is 2.16. The van der Waals surface area contributed by atoms with Crippen LogP contribution < -0.4 is 11.1 Å².